The van der Waals surface area contributed by atoms with Gasteiger partial charge in [-0.25, -0.2) is 9.18 Å². The summed E-state index contributed by atoms with van der Waals surface area (Å²) >= 11 is 0. The molecule has 8 nitrogen and oxygen atoms in total. The molecule has 0 saturated carbocycles. The van der Waals surface area contributed by atoms with Crippen molar-refractivity contribution in [3.8, 4) is 5.75 Å². The van der Waals surface area contributed by atoms with Gasteiger partial charge in [0.1, 0.15) is 36.0 Å². The molecule has 0 spiro atoms. The van der Waals surface area contributed by atoms with Gasteiger partial charge in [0, 0.05) is 0 Å². The lowest BCUT2D eigenvalue weighted by Crippen LogP contribution is -2.61. The molecule has 0 aromatic heterocycles. The fraction of sp³-hybridized carbons (Fsp3) is 0.588. The molecule has 3 rings (SSSR count). The topological polar surface area (TPSA) is 126 Å². The lowest BCUT2D eigenvalue weighted by Gasteiger charge is -2.40. The van der Waals surface area contributed by atoms with Crippen LogP contribution in [0.25, 0.3) is 0 Å². The molecule has 0 radical (unpaired) electrons. The Morgan fingerprint density at radius 1 is 1.27 bits per heavy atom. The van der Waals surface area contributed by atoms with Crippen LogP contribution in [0.1, 0.15) is 18.9 Å². The average molecular weight is 372 g/mol. The Labute approximate surface area is 148 Å². The standard InChI is InChI=1S/C17H21FO8/c1-7(10-4-2-8-6-9(18)3-5-11(8)25-10)24-17-14(21)12(19)13(20)15(26-17)16(22)23/h3,5-7,10,12-15,17,19-21H,2,4H2,1H3,(H,22,23). The van der Waals surface area contributed by atoms with Gasteiger partial charge in [-0.1, -0.05) is 0 Å². The molecular weight excluding hydrogens is 351 g/mol. The first-order chi connectivity index (χ1) is 12.3. The molecular formula is C17H21FO8. The summed E-state index contributed by atoms with van der Waals surface area (Å²) in [7, 11) is 0. The van der Waals surface area contributed by atoms with Crippen LogP contribution in [0.2, 0.25) is 0 Å². The van der Waals surface area contributed by atoms with E-state index in [2.05, 4.69) is 0 Å². The van der Waals surface area contributed by atoms with Crippen LogP contribution < -0.4 is 4.74 Å². The first-order valence-corrected chi connectivity index (χ1v) is 8.31. The van der Waals surface area contributed by atoms with Crippen LogP contribution in [-0.4, -0.2) is 69.3 Å². The summed E-state index contributed by atoms with van der Waals surface area (Å²) in [6.07, 6.45) is -8.24. The van der Waals surface area contributed by atoms with E-state index in [1.54, 1.807) is 6.92 Å². The Hall–Kier alpha value is -1.78. The second kappa shape index (κ2) is 7.45. The maximum absolute atomic E-state index is 13.3. The largest absolute Gasteiger partial charge is 0.487 e. The summed E-state index contributed by atoms with van der Waals surface area (Å²) in [4.78, 5) is 11.1. The minimum Gasteiger partial charge on any atom is -0.487 e. The number of fused-ring (bicyclic) bond motifs is 1. The molecule has 26 heavy (non-hydrogen) atoms. The molecule has 9 heteroatoms. The predicted octanol–water partition coefficient (Wildman–Crippen LogP) is -0.183. The molecule has 0 bridgehead atoms. The van der Waals surface area contributed by atoms with E-state index in [0.717, 1.165) is 5.56 Å². The van der Waals surface area contributed by atoms with Crippen LogP contribution in [0.3, 0.4) is 0 Å². The van der Waals surface area contributed by atoms with E-state index in [9.17, 15) is 24.5 Å². The number of carboxylic acid groups (broad SMARTS) is 1. The molecule has 2 aliphatic heterocycles. The Kier molecular flexibility index (Phi) is 5.44. The number of hydrogen-bond acceptors (Lipinski definition) is 7. The zero-order chi connectivity index (χ0) is 19.0. The van der Waals surface area contributed by atoms with Crippen LogP contribution in [0, 0.1) is 5.82 Å². The Morgan fingerprint density at radius 3 is 2.69 bits per heavy atom. The van der Waals surface area contributed by atoms with Gasteiger partial charge < -0.3 is 34.6 Å². The number of aliphatic carboxylic acids is 1. The SMILES string of the molecule is CC(OC1OC(C(=O)O)C(O)C(O)C1O)C1CCc2cc(F)ccc2O1. The summed E-state index contributed by atoms with van der Waals surface area (Å²) in [5.74, 6) is -1.29. The maximum Gasteiger partial charge on any atom is 0.335 e. The number of benzene rings is 1. The highest BCUT2D eigenvalue weighted by Gasteiger charge is 2.48. The van der Waals surface area contributed by atoms with Gasteiger partial charge in [-0.15, -0.1) is 0 Å². The van der Waals surface area contributed by atoms with Crippen molar-refractivity contribution in [1.82, 2.24) is 0 Å². The molecule has 7 unspecified atom stereocenters. The van der Waals surface area contributed by atoms with E-state index in [1.807, 2.05) is 0 Å². The quantitative estimate of drug-likeness (QED) is 0.573. The average Bonchev–Trinajstić information content (AvgIpc) is 2.61. The van der Waals surface area contributed by atoms with Crippen LogP contribution >= 0.6 is 0 Å². The van der Waals surface area contributed by atoms with Gasteiger partial charge in [0.25, 0.3) is 0 Å². The fourth-order valence-corrected chi connectivity index (χ4v) is 3.17. The number of aryl methyl sites for hydroxylation is 1. The van der Waals surface area contributed by atoms with E-state index < -0.39 is 48.9 Å². The predicted molar refractivity (Wildman–Crippen MR) is 84.0 cm³/mol. The number of carbonyl (C=O) groups is 1. The normalized spacial score (nSPS) is 35.3. The zero-order valence-corrected chi connectivity index (χ0v) is 14.0. The smallest absolute Gasteiger partial charge is 0.335 e. The number of carboxylic acids is 1. The highest BCUT2D eigenvalue weighted by molar-refractivity contribution is 5.73. The van der Waals surface area contributed by atoms with E-state index >= 15 is 0 Å². The molecule has 7 atom stereocenters. The van der Waals surface area contributed by atoms with Crippen LogP contribution in [0.15, 0.2) is 18.2 Å². The second-order valence-electron chi connectivity index (χ2n) is 6.52. The van der Waals surface area contributed by atoms with Gasteiger partial charge in [0.2, 0.25) is 0 Å². The van der Waals surface area contributed by atoms with Gasteiger partial charge in [-0.2, -0.15) is 0 Å². The number of rotatable bonds is 4. The number of aliphatic hydroxyl groups excluding tert-OH is 3. The minimum absolute atomic E-state index is 0.346. The van der Waals surface area contributed by atoms with Crippen molar-refractivity contribution >= 4 is 5.97 Å². The van der Waals surface area contributed by atoms with Gasteiger partial charge in [-0.3, -0.25) is 0 Å². The van der Waals surface area contributed by atoms with Crippen LogP contribution in [-0.2, 0) is 20.7 Å². The Morgan fingerprint density at radius 2 is 2.00 bits per heavy atom. The molecule has 0 amide bonds. The van der Waals surface area contributed by atoms with Gasteiger partial charge in [0.15, 0.2) is 12.4 Å². The molecule has 2 aliphatic rings. The van der Waals surface area contributed by atoms with Crippen molar-refractivity contribution in [2.24, 2.45) is 0 Å². The zero-order valence-electron chi connectivity index (χ0n) is 14.0. The fourth-order valence-electron chi connectivity index (χ4n) is 3.17. The van der Waals surface area contributed by atoms with Crippen molar-refractivity contribution in [3.05, 3.63) is 29.6 Å². The highest BCUT2D eigenvalue weighted by atomic mass is 19.1. The molecule has 2 heterocycles. The monoisotopic (exact) mass is 372 g/mol. The molecule has 0 aliphatic carbocycles. The van der Waals surface area contributed by atoms with Crippen molar-refractivity contribution in [3.63, 3.8) is 0 Å². The Balaban J connectivity index is 1.66. The molecule has 4 N–H and O–H groups in total. The summed E-state index contributed by atoms with van der Waals surface area (Å²) in [6, 6.07) is 4.21. The van der Waals surface area contributed by atoms with Gasteiger partial charge in [-0.05, 0) is 43.5 Å². The summed E-state index contributed by atoms with van der Waals surface area (Å²) in [5, 5.41) is 38.6. The van der Waals surface area contributed by atoms with Crippen molar-refractivity contribution in [2.45, 2.75) is 62.7 Å². The summed E-state index contributed by atoms with van der Waals surface area (Å²) < 4.78 is 29.7. The number of ether oxygens (including phenoxy) is 3. The number of hydrogen-bond donors (Lipinski definition) is 4. The number of aliphatic hydroxyl groups is 3. The Bertz CT molecular complexity index is 668. The maximum atomic E-state index is 13.3. The summed E-state index contributed by atoms with van der Waals surface area (Å²) in [5.41, 5.74) is 0.742. The summed E-state index contributed by atoms with van der Waals surface area (Å²) in [6.45, 7) is 1.66. The van der Waals surface area contributed by atoms with E-state index in [4.69, 9.17) is 19.3 Å². The van der Waals surface area contributed by atoms with Crippen LogP contribution in [0.4, 0.5) is 4.39 Å². The highest BCUT2D eigenvalue weighted by Crippen LogP contribution is 2.31. The molecule has 1 fully saturated rings. The molecule has 1 aromatic carbocycles. The number of halogens is 1. The molecule has 1 aromatic rings. The minimum atomic E-state index is -1.77. The third-order valence-electron chi connectivity index (χ3n) is 4.68. The third kappa shape index (κ3) is 3.67. The van der Waals surface area contributed by atoms with Crippen molar-refractivity contribution in [1.29, 1.82) is 0 Å². The lowest BCUT2D eigenvalue weighted by molar-refractivity contribution is -0.307. The van der Waals surface area contributed by atoms with E-state index in [1.165, 1.54) is 18.2 Å². The first kappa shape index (κ1) is 19.0. The van der Waals surface area contributed by atoms with Crippen molar-refractivity contribution < 1.29 is 43.8 Å². The van der Waals surface area contributed by atoms with Gasteiger partial charge in [0.05, 0.1) is 6.10 Å². The van der Waals surface area contributed by atoms with Crippen LogP contribution in [0.5, 0.6) is 5.75 Å². The van der Waals surface area contributed by atoms with E-state index in [0.29, 0.717) is 18.6 Å². The second-order valence-corrected chi connectivity index (χ2v) is 6.52. The lowest BCUT2D eigenvalue weighted by atomic mass is 9.98. The first-order valence-electron chi connectivity index (χ1n) is 8.31. The van der Waals surface area contributed by atoms with E-state index in [-0.39, 0.29) is 5.82 Å². The van der Waals surface area contributed by atoms with Crippen molar-refractivity contribution in [2.75, 3.05) is 0 Å². The molecule has 144 valence electrons. The third-order valence-corrected chi connectivity index (χ3v) is 4.68. The molecule has 1 saturated heterocycles. The van der Waals surface area contributed by atoms with Gasteiger partial charge >= 0.3 is 5.97 Å².